The van der Waals surface area contributed by atoms with Crippen LogP contribution in [-0.4, -0.2) is 29.4 Å². The Morgan fingerprint density at radius 1 is 0.795 bits per heavy atom. The molecule has 39 heavy (non-hydrogen) atoms. The van der Waals surface area contributed by atoms with Crippen LogP contribution in [0.25, 0.3) is 6.08 Å². The van der Waals surface area contributed by atoms with Crippen molar-refractivity contribution in [3.8, 4) is 0 Å². The standard InChI is InChI=1S/C33H21BrClNO3/c34-22-14-9-20(10-15-22)28-29(30(37)21-11-16-23(35)17-12-21)36-26-8-4-1-5-19(26)13-18-27(36)33(28)31(38)24-6-2-3-7-25(24)32(33)39/h1-18,27-29H/t27-,28+,29-/m1/s1. The second-order valence-electron chi connectivity index (χ2n) is 10.2. The first-order valence-corrected chi connectivity index (χ1v) is 13.9. The maximum absolute atomic E-state index is 14.6. The molecule has 0 bridgehead atoms. The number of rotatable bonds is 3. The number of halogens is 2. The van der Waals surface area contributed by atoms with Crippen molar-refractivity contribution in [2.75, 3.05) is 4.90 Å². The van der Waals surface area contributed by atoms with Gasteiger partial charge in [-0.25, -0.2) is 0 Å². The molecule has 3 atom stereocenters. The lowest BCUT2D eigenvalue weighted by Crippen LogP contribution is -2.48. The fourth-order valence-corrected chi connectivity index (χ4v) is 7.14. The van der Waals surface area contributed by atoms with Gasteiger partial charge in [0.2, 0.25) is 0 Å². The van der Waals surface area contributed by atoms with Crippen molar-refractivity contribution in [3.05, 3.63) is 140 Å². The highest BCUT2D eigenvalue weighted by molar-refractivity contribution is 9.10. The Balaban J connectivity index is 1.54. The summed E-state index contributed by atoms with van der Waals surface area (Å²) in [5.74, 6) is -1.37. The Morgan fingerprint density at radius 2 is 1.41 bits per heavy atom. The molecule has 0 aromatic heterocycles. The Hall–Kier alpha value is -3.80. The van der Waals surface area contributed by atoms with Crippen LogP contribution in [0.3, 0.4) is 0 Å². The van der Waals surface area contributed by atoms with Gasteiger partial charge in [-0.1, -0.05) is 94.3 Å². The number of anilines is 1. The summed E-state index contributed by atoms with van der Waals surface area (Å²) in [7, 11) is 0. The van der Waals surface area contributed by atoms with Crippen LogP contribution < -0.4 is 4.90 Å². The molecule has 1 saturated heterocycles. The molecule has 0 N–H and O–H groups in total. The fraction of sp³-hybridized carbons (Fsp3) is 0.121. The van der Waals surface area contributed by atoms with Gasteiger partial charge in [0.1, 0.15) is 11.5 Å². The van der Waals surface area contributed by atoms with Crippen molar-refractivity contribution in [1.82, 2.24) is 0 Å². The topological polar surface area (TPSA) is 54.5 Å². The van der Waals surface area contributed by atoms with Crippen molar-refractivity contribution < 1.29 is 14.4 Å². The molecule has 4 aromatic rings. The number of fused-ring (bicyclic) bond motifs is 5. The van der Waals surface area contributed by atoms with Gasteiger partial charge in [0.15, 0.2) is 17.3 Å². The van der Waals surface area contributed by atoms with Crippen molar-refractivity contribution in [2.24, 2.45) is 5.41 Å². The Bertz CT molecular complexity index is 1670. The molecule has 7 rings (SSSR count). The minimum atomic E-state index is -1.51. The van der Waals surface area contributed by atoms with E-state index in [1.807, 2.05) is 65.6 Å². The number of para-hydroxylation sites is 1. The van der Waals surface area contributed by atoms with Gasteiger partial charge in [0.25, 0.3) is 0 Å². The van der Waals surface area contributed by atoms with E-state index in [1.54, 1.807) is 48.5 Å². The third-order valence-electron chi connectivity index (χ3n) is 8.34. The van der Waals surface area contributed by atoms with Gasteiger partial charge in [-0.2, -0.15) is 0 Å². The molecule has 1 fully saturated rings. The Morgan fingerprint density at radius 3 is 2.08 bits per heavy atom. The average molecular weight is 595 g/mol. The third-order valence-corrected chi connectivity index (χ3v) is 9.12. The van der Waals surface area contributed by atoms with Crippen LogP contribution in [0.15, 0.2) is 108 Å². The van der Waals surface area contributed by atoms with Crippen molar-refractivity contribution in [1.29, 1.82) is 0 Å². The van der Waals surface area contributed by atoms with Gasteiger partial charge < -0.3 is 4.90 Å². The highest BCUT2D eigenvalue weighted by atomic mass is 79.9. The van der Waals surface area contributed by atoms with E-state index in [0.717, 1.165) is 21.3 Å². The molecule has 4 aromatic carbocycles. The van der Waals surface area contributed by atoms with E-state index in [-0.39, 0.29) is 17.3 Å². The molecule has 0 amide bonds. The Kier molecular flexibility index (Phi) is 5.51. The lowest BCUT2D eigenvalue weighted by atomic mass is 9.64. The molecule has 0 radical (unpaired) electrons. The minimum absolute atomic E-state index is 0.164. The van der Waals surface area contributed by atoms with Crippen LogP contribution >= 0.6 is 27.5 Å². The molecular formula is C33H21BrClNO3. The zero-order chi connectivity index (χ0) is 26.9. The summed E-state index contributed by atoms with van der Waals surface area (Å²) in [6, 6.07) is 27.8. The normalized spacial score (nSPS) is 22.1. The van der Waals surface area contributed by atoms with Crippen LogP contribution in [-0.2, 0) is 0 Å². The summed E-state index contributed by atoms with van der Waals surface area (Å²) in [4.78, 5) is 45.7. The first kappa shape index (κ1) is 24.3. The van der Waals surface area contributed by atoms with Crippen molar-refractivity contribution in [3.63, 3.8) is 0 Å². The van der Waals surface area contributed by atoms with Crippen LogP contribution in [0, 0.1) is 5.41 Å². The molecule has 1 spiro atoms. The molecule has 4 nitrogen and oxygen atoms in total. The number of hydrogen-bond donors (Lipinski definition) is 0. The molecule has 190 valence electrons. The molecule has 6 heteroatoms. The van der Waals surface area contributed by atoms with Crippen molar-refractivity contribution in [2.45, 2.75) is 18.0 Å². The van der Waals surface area contributed by atoms with Gasteiger partial charge in [0, 0.05) is 37.8 Å². The predicted octanol–water partition coefficient (Wildman–Crippen LogP) is 7.42. The number of carbonyl (C=O) groups excluding carboxylic acids is 3. The highest BCUT2D eigenvalue weighted by Gasteiger charge is 2.71. The maximum Gasteiger partial charge on any atom is 0.185 e. The minimum Gasteiger partial charge on any atom is -0.352 e. The van der Waals surface area contributed by atoms with Crippen molar-refractivity contribution >= 4 is 56.6 Å². The van der Waals surface area contributed by atoms with E-state index in [1.165, 1.54) is 0 Å². The van der Waals surface area contributed by atoms with E-state index in [2.05, 4.69) is 15.9 Å². The SMILES string of the molecule is O=C(c1ccc(Cl)cc1)[C@H]1[C@H](c2ccc(Br)cc2)C2(C(=O)c3ccccc3C2=O)[C@H]2C=Cc3ccccc3N12. The Labute approximate surface area is 239 Å². The molecule has 3 aliphatic rings. The van der Waals surface area contributed by atoms with Crippen LogP contribution in [0.2, 0.25) is 5.02 Å². The summed E-state index contributed by atoms with van der Waals surface area (Å²) in [6.45, 7) is 0. The van der Waals surface area contributed by atoms with Gasteiger partial charge in [-0.3, -0.25) is 14.4 Å². The zero-order valence-corrected chi connectivity index (χ0v) is 22.9. The smallest absolute Gasteiger partial charge is 0.185 e. The summed E-state index contributed by atoms with van der Waals surface area (Å²) in [5, 5.41) is 0.527. The number of carbonyl (C=O) groups is 3. The van der Waals surface area contributed by atoms with Gasteiger partial charge in [-0.05, 0) is 53.6 Å². The average Bonchev–Trinajstić information content (AvgIpc) is 3.40. The van der Waals surface area contributed by atoms with Crippen LogP contribution in [0.4, 0.5) is 5.69 Å². The summed E-state index contributed by atoms with van der Waals surface area (Å²) in [6.07, 6.45) is 3.90. The third kappa shape index (κ3) is 3.33. The molecule has 0 saturated carbocycles. The lowest BCUT2D eigenvalue weighted by molar-refractivity contribution is 0.0666. The monoisotopic (exact) mass is 593 g/mol. The highest BCUT2D eigenvalue weighted by Crippen LogP contribution is 2.61. The molecule has 1 aliphatic carbocycles. The zero-order valence-electron chi connectivity index (χ0n) is 20.6. The van der Waals surface area contributed by atoms with E-state index < -0.39 is 23.4 Å². The second kappa shape index (κ2) is 8.87. The van der Waals surface area contributed by atoms with Crippen LogP contribution in [0.1, 0.15) is 48.1 Å². The molecular weight excluding hydrogens is 574 g/mol. The first-order valence-electron chi connectivity index (χ1n) is 12.7. The van der Waals surface area contributed by atoms with Gasteiger partial charge >= 0.3 is 0 Å². The second-order valence-corrected chi connectivity index (χ2v) is 11.5. The largest absolute Gasteiger partial charge is 0.352 e. The van der Waals surface area contributed by atoms with Gasteiger partial charge in [-0.15, -0.1) is 0 Å². The number of Topliss-reactive ketones (excluding diaryl/α,β-unsaturated/α-hetero) is 3. The fourth-order valence-electron chi connectivity index (χ4n) is 6.75. The number of nitrogens with zero attached hydrogens (tertiary/aromatic N) is 1. The summed E-state index contributed by atoms with van der Waals surface area (Å²) < 4.78 is 0.870. The maximum atomic E-state index is 14.6. The molecule has 2 heterocycles. The summed E-state index contributed by atoms with van der Waals surface area (Å²) in [5.41, 5.74) is 2.32. The van der Waals surface area contributed by atoms with E-state index in [4.69, 9.17) is 11.6 Å². The number of benzene rings is 4. The number of ketones is 3. The predicted molar refractivity (Wildman–Crippen MR) is 156 cm³/mol. The molecule has 2 aliphatic heterocycles. The van der Waals surface area contributed by atoms with E-state index >= 15 is 0 Å². The lowest BCUT2D eigenvalue weighted by Gasteiger charge is -2.37. The van der Waals surface area contributed by atoms with Gasteiger partial charge in [0.05, 0.1) is 6.04 Å². The van der Waals surface area contributed by atoms with E-state index in [9.17, 15) is 14.4 Å². The quantitative estimate of drug-likeness (QED) is 0.183. The summed E-state index contributed by atoms with van der Waals surface area (Å²) >= 11 is 9.67. The van der Waals surface area contributed by atoms with Crippen LogP contribution in [0.5, 0.6) is 0 Å². The number of hydrogen-bond acceptors (Lipinski definition) is 4. The first-order chi connectivity index (χ1) is 18.9. The molecule has 0 unspecified atom stereocenters. The van der Waals surface area contributed by atoms with E-state index in [0.29, 0.717) is 21.7 Å².